The van der Waals surface area contributed by atoms with Crippen LogP contribution >= 0.6 is 12.2 Å². The summed E-state index contributed by atoms with van der Waals surface area (Å²) in [6.45, 7) is 1.10. The van der Waals surface area contributed by atoms with Crippen LogP contribution in [0.25, 0.3) is 0 Å². The Kier molecular flexibility index (Phi) is 4.45. The molecule has 1 heterocycles. The predicted octanol–water partition coefficient (Wildman–Crippen LogP) is -0.287. The van der Waals surface area contributed by atoms with Crippen LogP contribution in [0.5, 0.6) is 0 Å². The van der Waals surface area contributed by atoms with E-state index in [0.717, 1.165) is 12.8 Å². The Balaban J connectivity index is 2.50. The van der Waals surface area contributed by atoms with Crippen molar-refractivity contribution in [2.45, 2.75) is 18.9 Å². The molecule has 0 aromatic rings. The summed E-state index contributed by atoms with van der Waals surface area (Å²) in [6.07, 6.45) is 1.91. The fourth-order valence-electron chi connectivity index (χ4n) is 1.48. The fourth-order valence-corrected chi connectivity index (χ4v) is 2.90. The molecular formula is C8H16N2O3S2. The molecule has 1 rings (SSSR count). The van der Waals surface area contributed by atoms with Gasteiger partial charge in [0, 0.05) is 20.2 Å². The number of sulfonamides is 1. The number of rotatable bonds is 5. The zero-order chi connectivity index (χ0) is 11.5. The first-order valence-electron chi connectivity index (χ1n) is 4.76. The molecule has 2 N–H and O–H groups in total. The number of nitrogens with two attached hydrogens (primary N) is 1. The highest BCUT2D eigenvalue weighted by Crippen LogP contribution is 2.14. The van der Waals surface area contributed by atoms with E-state index >= 15 is 0 Å². The van der Waals surface area contributed by atoms with E-state index in [9.17, 15) is 8.42 Å². The molecule has 1 fully saturated rings. The highest BCUT2D eigenvalue weighted by molar-refractivity contribution is 7.92. The summed E-state index contributed by atoms with van der Waals surface area (Å²) in [5.41, 5.74) is 5.22. The summed E-state index contributed by atoms with van der Waals surface area (Å²) >= 11 is 4.59. The number of ether oxygens (including phenoxy) is 1. The van der Waals surface area contributed by atoms with Gasteiger partial charge in [0.05, 0.1) is 11.1 Å². The van der Waals surface area contributed by atoms with Gasteiger partial charge < -0.3 is 10.5 Å². The second-order valence-corrected chi connectivity index (χ2v) is 6.24. The Hall–Kier alpha value is -0.240. The van der Waals surface area contributed by atoms with Crippen LogP contribution in [0.3, 0.4) is 0 Å². The molecule has 0 aromatic heterocycles. The van der Waals surface area contributed by atoms with E-state index in [1.165, 1.54) is 11.4 Å². The Morgan fingerprint density at radius 3 is 2.80 bits per heavy atom. The minimum atomic E-state index is -3.36. The lowest BCUT2D eigenvalue weighted by molar-refractivity contribution is 0.0979. The minimum Gasteiger partial charge on any atom is -0.392 e. The van der Waals surface area contributed by atoms with Crippen molar-refractivity contribution in [1.82, 2.24) is 4.31 Å². The van der Waals surface area contributed by atoms with E-state index in [2.05, 4.69) is 12.2 Å². The molecule has 1 saturated heterocycles. The van der Waals surface area contributed by atoms with Crippen LogP contribution in [0, 0.1) is 0 Å². The number of thiocarbonyl (C=S) groups is 1. The third-order valence-electron chi connectivity index (χ3n) is 2.28. The van der Waals surface area contributed by atoms with Gasteiger partial charge in [0.1, 0.15) is 5.75 Å². The zero-order valence-electron chi connectivity index (χ0n) is 8.68. The quantitative estimate of drug-likeness (QED) is 0.681. The van der Waals surface area contributed by atoms with Crippen LogP contribution in [0.1, 0.15) is 12.8 Å². The molecule has 0 spiro atoms. The maximum absolute atomic E-state index is 11.6. The third kappa shape index (κ3) is 4.02. The number of hydrogen-bond donors (Lipinski definition) is 1. The topological polar surface area (TPSA) is 72.6 Å². The number of likely N-dealkylation sites (N-methyl/N-ethyl adjacent to an activating group) is 1. The van der Waals surface area contributed by atoms with Crippen LogP contribution in [0.2, 0.25) is 0 Å². The average molecular weight is 252 g/mol. The Morgan fingerprint density at radius 1 is 1.67 bits per heavy atom. The summed E-state index contributed by atoms with van der Waals surface area (Å²) in [5.74, 6) is -0.272. The largest absolute Gasteiger partial charge is 0.392 e. The fraction of sp³-hybridized carbons (Fsp3) is 0.875. The lowest BCUT2D eigenvalue weighted by Gasteiger charge is -2.20. The molecule has 15 heavy (non-hydrogen) atoms. The lowest BCUT2D eigenvalue weighted by Crippen LogP contribution is -2.38. The summed E-state index contributed by atoms with van der Waals surface area (Å²) in [6, 6.07) is 0. The predicted molar refractivity (Wildman–Crippen MR) is 62.2 cm³/mol. The van der Waals surface area contributed by atoms with E-state index in [4.69, 9.17) is 10.5 Å². The third-order valence-corrected chi connectivity index (χ3v) is 4.39. The van der Waals surface area contributed by atoms with Crippen molar-refractivity contribution in [3.05, 3.63) is 0 Å². The summed E-state index contributed by atoms with van der Waals surface area (Å²) in [4.78, 5) is -0.00538. The van der Waals surface area contributed by atoms with Crippen molar-refractivity contribution in [3.8, 4) is 0 Å². The van der Waals surface area contributed by atoms with Crippen molar-refractivity contribution in [2.24, 2.45) is 5.73 Å². The van der Waals surface area contributed by atoms with Crippen LogP contribution in [-0.4, -0.2) is 49.8 Å². The molecule has 1 unspecified atom stereocenters. The normalized spacial score (nSPS) is 22.1. The SMILES string of the molecule is CN(CC1CCCO1)S(=O)(=O)CC(N)=S. The van der Waals surface area contributed by atoms with Gasteiger partial charge in [-0.05, 0) is 12.8 Å². The molecule has 0 saturated carbocycles. The van der Waals surface area contributed by atoms with E-state index < -0.39 is 10.0 Å². The van der Waals surface area contributed by atoms with Gasteiger partial charge in [-0.25, -0.2) is 12.7 Å². The summed E-state index contributed by atoms with van der Waals surface area (Å²) < 4.78 is 29.9. The Bertz CT molecular complexity index is 323. The second-order valence-electron chi connectivity index (χ2n) is 3.64. The van der Waals surface area contributed by atoms with E-state index in [1.807, 2.05) is 0 Å². The van der Waals surface area contributed by atoms with Crippen LogP contribution < -0.4 is 5.73 Å². The number of hydrogen-bond acceptors (Lipinski definition) is 4. The summed E-state index contributed by atoms with van der Waals surface area (Å²) in [7, 11) is -1.84. The van der Waals surface area contributed by atoms with Crippen molar-refractivity contribution in [1.29, 1.82) is 0 Å². The Morgan fingerprint density at radius 2 is 2.33 bits per heavy atom. The molecule has 88 valence electrons. The smallest absolute Gasteiger partial charge is 0.220 e. The van der Waals surface area contributed by atoms with Crippen LogP contribution in [-0.2, 0) is 14.8 Å². The summed E-state index contributed by atoms with van der Waals surface area (Å²) in [5, 5.41) is 0. The number of nitrogens with zero attached hydrogens (tertiary/aromatic N) is 1. The van der Waals surface area contributed by atoms with Crippen LogP contribution in [0.4, 0.5) is 0 Å². The molecular weight excluding hydrogens is 236 g/mol. The van der Waals surface area contributed by atoms with Gasteiger partial charge in [0.25, 0.3) is 0 Å². The minimum absolute atomic E-state index is 0.00538. The lowest BCUT2D eigenvalue weighted by atomic mass is 10.2. The van der Waals surface area contributed by atoms with Gasteiger partial charge in [0.2, 0.25) is 10.0 Å². The van der Waals surface area contributed by atoms with Crippen LogP contribution in [0.15, 0.2) is 0 Å². The second kappa shape index (κ2) is 5.20. The van der Waals surface area contributed by atoms with Gasteiger partial charge in [0.15, 0.2) is 0 Å². The zero-order valence-corrected chi connectivity index (χ0v) is 10.3. The van der Waals surface area contributed by atoms with Gasteiger partial charge in [-0.1, -0.05) is 12.2 Å². The maximum Gasteiger partial charge on any atom is 0.220 e. The molecule has 7 heteroatoms. The molecule has 0 bridgehead atoms. The Labute approximate surface area is 95.6 Å². The van der Waals surface area contributed by atoms with E-state index in [0.29, 0.717) is 13.2 Å². The molecule has 0 aromatic carbocycles. The highest BCUT2D eigenvalue weighted by atomic mass is 32.2. The van der Waals surface area contributed by atoms with Crippen molar-refractivity contribution in [3.63, 3.8) is 0 Å². The molecule has 0 amide bonds. The maximum atomic E-state index is 11.6. The first-order chi connectivity index (χ1) is 6.92. The van der Waals surface area contributed by atoms with Gasteiger partial charge in [-0.15, -0.1) is 0 Å². The highest BCUT2D eigenvalue weighted by Gasteiger charge is 2.24. The van der Waals surface area contributed by atoms with Gasteiger partial charge in [-0.3, -0.25) is 0 Å². The molecule has 0 radical (unpaired) electrons. The van der Waals surface area contributed by atoms with Gasteiger partial charge in [-0.2, -0.15) is 0 Å². The average Bonchev–Trinajstić information content (AvgIpc) is 2.54. The molecule has 1 aliphatic heterocycles. The molecule has 5 nitrogen and oxygen atoms in total. The van der Waals surface area contributed by atoms with Crippen molar-refractivity contribution < 1.29 is 13.2 Å². The van der Waals surface area contributed by atoms with Crippen molar-refractivity contribution in [2.75, 3.05) is 26.0 Å². The van der Waals surface area contributed by atoms with E-state index in [1.54, 1.807) is 0 Å². The molecule has 1 atom stereocenters. The standard InChI is InChI=1S/C8H16N2O3S2/c1-10(5-7-3-2-4-13-7)15(11,12)6-8(9)14/h7H,2-6H2,1H3,(H2,9,14). The monoisotopic (exact) mass is 252 g/mol. The molecule has 1 aliphatic rings. The van der Waals surface area contributed by atoms with Gasteiger partial charge >= 0.3 is 0 Å². The van der Waals surface area contributed by atoms with Crippen molar-refractivity contribution >= 4 is 27.2 Å². The first-order valence-corrected chi connectivity index (χ1v) is 6.77. The molecule has 0 aliphatic carbocycles. The first kappa shape index (κ1) is 12.8. The van der Waals surface area contributed by atoms with E-state index in [-0.39, 0.29) is 16.8 Å².